The fourth-order valence-electron chi connectivity index (χ4n) is 1.90. The molecule has 1 amide bonds. The Bertz CT molecular complexity index is 725. The summed E-state index contributed by atoms with van der Waals surface area (Å²) in [5.41, 5.74) is 2.65. The minimum absolute atomic E-state index is 0.0434. The van der Waals surface area contributed by atoms with Gasteiger partial charge in [0.05, 0.1) is 0 Å². The molecule has 0 unspecified atom stereocenters. The molecule has 2 rings (SSSR count). The van der Waals surface area contributed by atoms with E-state index in [1.807, 2.05) is 30.3 Å². The molecule has 0 spiro atoms. The maximum Gasteiger partial charge on any atom is 0.266 e. The number of benzene rings is 2. The number of carbonyl (C=O) groups excluding carboxylic acids is 1. The highest BCUT2D eigenvalue weighted by molar-refractivity contribution is 6.30. The monoisotopic (exact) mass is 310 g/mol. The third-order valence-corrected chi connectivity index (χ3v) is 3.42. The van der Waals surface area contributed by atoms with Gasteiger partial charge in [0.1, 0.15) is 11.6 Å². The van der Waals surface area contributed by atoms with E-state index in [1.165, 1.54) is 11.6 Å². The number of rotatable bonds is 4. The molecule has 0 aliphatic heterocycles. The van der Waals surface area contributed by atoms with Gasteiger partial charge in [0.25, 0.3) is 5.91 Å². The Morgan fingerprint density at radius 3 is 2.36 bits per heavy atom. The number of carbonyl (C=O) groups is 1. The second-order valence-electron chi connectivity index (χ2n) is 4.73. The molecule has 0 atom stereocenters. The van der Waals surface area contributed by atoms with E-state index in [2.05, 4.69) is 12.2 Å². The summed E-state index contributed by atoms with van der Waals surface area (Å²) in [4.78, 5) is 12.1. The summed E-state index contributed by atoms with van der Waals surface area (Å²) in [5.74, 6) is -0.429. The van der Waals surface area contributed by atoms with Crippen LogP contribution >= 0.6 is 11.6 Å². The Hall–Kier alpha value is -2.57. The lowest BCUT2D eigenvalue weighted by atomic mass is 10.1. The molecule has 0 aliphatic carbocycles. The highest BCUT2D eigenvalue weighted by Crippen LogP contribution is 2.15. The molecule has 0 radical (unpaired) electrons. The van der Waals surface area contributed by atoms with Crippen LogP contribution in [-0.4, -0.2) is 5.91 Å². The van der Waals surface area contributed by atoms with Crippen LogP contribution in [0.1, 0.15) is 18.1 Å². The van der Waals surface area contributed by atoms with Gasteiger partial charge in [-0.2, -0.15) is 5.26 Å². The van der Waals surface area contributed by atoms with Crippen molar-refractivity contribution in [1.82, 2.24) is 0 Å². The molecule has 2 aromatic rings. The molecule has 0 heterocycles. The zero-order chi connectivity index (χ0) is 15.9. The van der Waals surface area contributed by atoms with Crippen molar-refractivity contribution in [3.8, 4) is 6.07 Å². The lowest BCUT2D eigenvalue weighted by Crippen LogP contribution is -2.13. The fourth-order valence-corrected chi connectivity index (χ4v) is 2.02. The van der Waals surface area contributed by atoms with Gasteiger partial charge < -0.3 is 5.32 Å². The lowest BCUT2D eigenvalue weighted by Gasteiger charge is -2.05. The van der Waals surface area contributed by atoms with E-state index in [4.69, 9.17) is 16.9 Å². The fraction of sp³-hybridized carbons (Fsp3) is 0.111. The van der Waals surface area contributed by atoms with Gasteiger partial charge >= 0.3 is 0 Å². The molecular formula is C18H15ClN2O. The number of hydrogen-bond acceptors (Lipinski definition) is 2. The van der Waals surface area contributed by atoms with E-state index in [1.54, 1.807) is 24.3 Å². The largest absolute Gasteiger partial charge is 0.321 e. The second-order valence-corrected chi connectivity index (χ2v) is 5.16. The summed E-state index contributed by atoms with van der Waals surface area (Å²) in [5, 5.41) is 12.5. The average molecular weight is 311 g/mol. The van der Waals surface area contributed by atoms with E-state index in [0.29, 0.717) is 10.7 Å². The normalized spacial score (nSPS) is 10.9. The Balaban J connectivity index is 2.14. The van der Waals surface area contributed by atoms with Gasteiger partial charge in [-0.25, -0.2) is 0 Å². The molecular weight excluding hydrogens is 296 g/mol. The van der Waals surface area contributed by atoms with Crippen molar-refractivity contribution in [2.24, 2.45) is 0 Å². The number of nitriles is 1. The summed E-state index contributed by atoms with van der Waals surface area (Å²) in [6.07, 6.45) is 2.47. The lowest BCUT2D eigenvalue weighted by molar-refractivity contribution is -0.112. The third kappa shape index (κ3) is 4.21. The van der Waals surface area contributed by atoms with Crippen LogP contribution in [0.15, 0.2) is 54.1 Å². The van der Waals surface area contributed by atoms with Crippen molar-refractivity contribution in [2.45, 2.75) is 13.3 Å². The summed E-state index contributed by atoms with van der Waals surface area (Å²) in [6.45, 7) is 2.07. The molecule has 0 aromatic heterocycles. The van der Waals surface area contributed by atoms with E-state index in [-0.39, 0.29) is 5.57 Å². The van der Waals surface area contributed by atoms with Crippen LogP contribution in [0, 0.1) is 11.3 Å². The molecule has 0 fully saturated rings. The maximum absolute atomic E-state index is 12.1. The molecule has 0 saturated carbocycles. The minimum Gasteiger partial charge on any atom is -0.321 e. The van der Waals surface area contributed by atoms with Crippen molar-refractivity contribution < 1.29 is 4.79 Å². The number of halogens is 1. The van der Waals surface area contributed by atoms with E-state index in [9.17, 15) is 4.79 Å². The number of nitrogens with zero attached hydrogens (tertiary/aromatic N) is 1. The Morgan fingerprint density at radius 1 is 1.18 bits per heavy atom. The van der Waals surface area contributed by atoms with Crippen molar-refractivity contribution in [2.75, 3.05) is 5.32 Å². The zero-order valence-corrected chi connectivity index (χ0v) is 12.9. The zero-order valence-electron chi connectivity index (χ0n) is 12.1. The first-order valence-electron chi connectivity index (χ1n) is 6.90. The molecule has 4 heteroatoms. The van der Waals surface area contributed by atoms with Gasteiger partial charge in [-0.15, -0.1) is 0 Å². The summed E-state index contributed by atoms with van der Waals surface area (Å²) < 4.78 is 0. The predicted octanol–water partition coefficient (Wildman–Crippen LogP) is 4.45. The van der Waals surface area contributed by atoms with E-state index in [0.717, 1.165) is 12.0 Å². The quantitative estimate of drug-likeness (QED) is 0.670. The van der Waals surface area contributed by atoms with Crippen LogP contribution in [0.25, 0.3) is 6.08 Å². The first-order chi connectivity index (χ1) is 10.6. The highest BCUT2D eigenvalue weighted by Gasteiger charge is 2.09. The van der Waals surface area contributed by atoms with Crippen molar-refractivity contribution in [3.63, 3.8) is 0 Å². The molecule has 110 valence electrons. The number of nitrogens with one attached hydrogen (secondary N) is 1. The topological polar surface area (TPSA) is 52.9 Å². The third-order valence-electron chi connectivity index (χ3n) is 3.17. The smallest absolute Gasteiger partial charge is 0.266 e. The van der Waals surface area contributed by atoms with Gasteiger partial charge in [-0.1, -0.05) is 42.8 Å². The molecule has 0 aliphatic rings. The highest BCUT2D eigenvalue weighted by atomic mass is 35.5. The van der Waals surface area contributed by atoms with Gasteiger partial charge in [0, 0.05) is 10.7 Å². The minimum atomic E-state index is -0.429. The number of anilines is 1. The van der Waals surface area contributed by atoms with Crippen LogP contribution in [0.2, 0.25) is 5.02 Å². The van der Waals surface area contributed by atoms with Crippen molar-refractivity contribution in [3.05, 3.63) is 70.3 Å². The van der Waals surface area contributed by atoms with Crippen LogP contribution in [0.3, 0.4) is 0 Å². The summed E-state index contributed by atoms with van der Waals surface area (Å²) in [6, 6.07) is 16.4. The average Bonchev–Trinajstić information content (AvgIpc) is 2.55. The summed E-state index contributed by atoms with van der Waals surface area (Å²) >= 11 is 5.81. The first-order valence-corrected chi connectivity index (χ1v) is 7.28. The Kier molecular flexibility index (Phi) is 5.35. The molecule has 2 aromatic carbocycles. The molecule has 3 nitrogen and oxygen atoms in total. The van der Waals surface area contributed by atoms with Crippen LogP contribution in [-0.2, 0) is 11.2 Å². The Labute approximate surface area is 134 Å². The maximum atomic E-state index is 12.1. The molecule has 0 saturated heterocycles. The van der Waals surface area contributed by atoms with Crippen LogP contribution in [0.5, 0.6) is 0 Å². The van der Waals surface area contributed by atoms with E-state index < -0.39 is 5.91 Å². The molecule has 1 N–H and O–H groups in total. The van der Waals surface area contributed by atoms with Crippen molar-refractivity contribution >= 4 is 29.3 Å². The predicted molar refractivity (Wildman–Crippen MR) is 89.5 cm³/mol. The van der Waals surface area contributed by atoms with E-state index >= 15 is 0 Å². The Morgan fingerprint density at radius 2 is 1.82 bits per heavy atom. The molecule has 0 bridgehead atoms. The van der Waals surface area contributed by atoms with Gasteiger partial charge in [-0.05, 0) is 47.9 Å². The second kappa shape index (κ2) is 7.44. The van der Waals surface area contributed by atoms with Crippen LogP contribution < -0.4 is 5.32 Å². The first kappa shape index (κ1) is 15.8. The van der Waals surface area contributed by atoms with Crippen molar-refractivity contribution in [1.29, 1.82) is 5.26 Å². The number of amides is 1. The molecule has 22 heavy (non-hydrogen) atoms. The van der Waals surface area contributed by atoms with Gasteiger partial charge in [0.15, 0.2) is 0 Å². The van der Waals surface area contributed by atoms with Gasteiger partial charge in [-0.3, -0.25) is 4.79 Å². The van der Waals surface area contributed by atoms with Crippen LogP contribution in [0.4, 0.5) is 5.69 Å². The van der Waals surface area contributed by atoms with Gasteiger partial charge in [0.2, 0.25) is 0 Å². The summed E-state index contributed by atoms with van der Waals surface area (Å²) in [7, 11) is 0. The SMILES string of the molecule is CCc1ccc(NC(=O)/C(C#N)=C/c2ccc(Cl)cc2)cc1. The number of hydrogen-bond donors (Lipinski definition) is 1. The standard InChI is InChI=1S/C18H15ClN2O/c1-2-13-5-9-17(10-6-13)21-18(22)15(12-20)11-14-3-7-16(19)8-4-14/h3-11H,2H2,1H3,(H,21,22)/b15-11+. The number of aryl methyl sites for hydroxylation is 1.